The zero-order valence-corrected chi connectivity index (χ0v) is 18.4. The Morgan fingerprint density at radius 3 is 2.43 bits per heavy atom. The number of ether oxygens (including phenoxy) is 2. The lowest BCUT2D eigenvalue weighted by Crippen LogP contribution is -2.46. The van der Waals surface area contributed by atoms with Gasteiger partial charge >= 0.3 is 6.09 Å². The topological polar surface area (TPSA) is 38.8 Å². The molecule has 0 aliphatic heterocycles. The highest BCUT2D eigenvalue weighted by atomic mass is 79.9. The fourth-order valence-corrected chi connectivity index (χ4v) is 3.57. The summed E-state index contributed by atoms with van der Waals surface area (Å²) in [6.07, 6.45) is 2.92. The van der Waals surface area contributed by atoms with Crippen LogP contribution in [-0.2, 0) is 17.9 Å². The maximum Gasteiger partial charge on any atom is 0.410 e. The largest absolute Gasteiger partial charge is 0.489 e. The van der Waals surface area contributed by atoms with Crippen LogP contribution in [0.2, 0.25) is 0 Å². The van der Waals surface area contributed by atoms with E-state index < -0.39 is 5.60 Å². The van der Waals surface area contributed by atoms with E-state index in [2.05, 4.69) is 15.9 Å². The van der Waals surface area contributed by atoms with Gasteiger partial charge in [-0.05, 0) is 57.7 Å². The highest BCUT2D eigenvalue weighted by Crippen LogP contribution is 2.33. The van der Waals surface area contributed by atoms with Gasteiger partial charge < -0.3 is 14.4 Å². The first-order valence-corrected chi connectivity index (χ1v) is 10.6. The smallest absolute Gasteiger partial charge is 0.410 e. The summed E-state index contributed by atoms with van der Waals surface area (Å²) in [6, 6.07) is 16.2. The average Bonchev–Trinajstić information content (AvgIpc) is 2.59. The number of hydrogen-bond donors (Lipinski definition) is 0. The molecule has 1 saturated carbocycles. The van der Waals surface area contributed by atoms with E-state index in [0.29, 0.717) is 13.2 Å². The number of amides is 1. The van der Waals surface area contributed by atoms with Crippen LogP contribution in [0.15, 0.2) is 53.0 Å². The summed E-state index contributed by atoms with van der Waals surface area (Å²) in [6.45, 7) is 6.65. The molecule has 0 aromatic heterocycles. The normalized spacial score (nSPS) is 14.3. The molecule has 0 radical (unpaired) electrons. The van der Waals surface area contributed by atoms with Crippen LogP contribution in [0.4, 0.5) is 4.79 Å². The fraction of sp³-hybridized carbons (Fsp3) is 0.435. The molecule has 1 fully saturated rings. The molecule has 0 spiro atoms. The highest BCUT2D eigenvalue weighted by molar-refractivity contribution is 9.10. The Labute approximate surface area is 176 Å². The molecule has 0 saturated heterocycles. The van der Waals surface area contributed by atoms with Crippen LogP contribution < -0.4 is 4.74 Å². The zero-order valence-electron chi connectivity index (χ0n) is 16.8. The van der Waals surface area contributed by atoms with Crippen molar-refractivity contribution >= 4 is 22.0 Å². The standard InChI is InChI=1S/C23H28BrNO3/c1-23(2,3)28-22(26)25(18-11-7-12-18)15-19-20(24)13-8-14-21(19)27-16-17-9-5-4-6-10-17/h4-6,8-10,13-14,18H,7,11-12,15-16H2,1-3H3. The van der Waals surface area contributed by atoms with Crippen molar-refractivity contribution in [2.75, 3.05) is 0 Å². The Kier molecular flexibility index (Phi) is 6.65. The Hall–Kier alpha value is -2.01. The van der Waals surface area contributed by atoms with E-state index in [4.69, 9.17) is 9.47 Å². The third kappa shape index (κ3) is 5.51. The van der Waals surface area contributed by atoms with Gasteiger partial charge in [0.15, 0.2) is 0 Å². The summed E-state index contributed by atoms with van der Waals surface area (Å²) >= 11 is 3.64. The fourth-order valence-electron chi connectivity index (χ4n) is 3.09. The molecule has 0 atom stereocenters. The second-order valence-electron chi connectivity index (χ2n) is 8.18. The van der Waals surface area contributed by atoms with Gasteiger partial charge in [0.25, 0.3) is 0 Å². The highest BCUT2D eigenvalue weighted by Gasteiger charge is 2.33. The van der Waals surface area contributed by atoms with Crippen molar-refractivity contribution in [2.45, 2.75) is 64.8 Å². The van der Waals surface area contributed by atoms with E-state index in [1.165, 1.54) is 0 Å². The summed E-state index contributed by atoms with van der Waals surface area (Å²) in [5, 5.41) is 0. The molecule has 0 N–H and O–H groups in total. The van der Waals surface area contributed by atoms with Crippen molar-refractivity contribution in [1.29, 1.82) is 0 Å². The van der Waals surface area contributed by atoms with E-state index >= 15 is 0 Å². The number of carbonyl (C=O) groups is 1. The molecule has 3 rings (SSSR count). The van der Waals surface area contributed by atoms with Crippen molar-refractivity contribution in [1.82, 2.24) is 4.90 Å². The van der Waals surface area contributed by atoms with Crippen molar-refractivity contribution in [2.24, 2.45) is 0 Å². The van der Waals surface area contributed by atoms with Gasteiger partial charge in [0.1, 0.15) is 18.0 Å². The Morgan fingerprint density at radius 2 is 1.82 bits per heavy atom. The predicted molar refractivity (Wildman–Crippen MR) is 114 cm³/mol. The molecule has 0 heterocycles. The summed E-state index contributed by atoms with van der Waals surface area (Å²) < 4.78 is 12.7. The molecule has 1 amide bonds. The lowest BCUT2D eigenvalue weighted by molar-refractivity contribution is 0.00436. The Morgan fingerprint density at radius 1 is 1.11 bits per heavy atom. The predicted octanol–water partition coefficient (Wildman–Crippen LogP) is 6.32. The maximum absolute atomic E-state index is 12.8. The van der Waals surface area contributed by atoms with Crippen molar-refractivity contribution in [3.63, 3.8) is 0 Å². The van der Waals surface area contributed by atoms with Crippen LogP contribution in [0.25, 0.3) is 0 Å². The van der Waals surface area contributed by atoms with Gasteiger partial charge in [-0.3, -0.25) is 0 Å². The van der Waals surface area contributed by atoms with Crippen LogP contribution in [-0.4, -0.2) is 22.6 Å². The molecule has 5 heteroatoms. The van der Waals surface area contributed by atoms with Gasteiger partial charge in [-0.1, -0.05) is 52.3 Å². The number of carbonyl (C=O) groups excluding carboxylic acids is 1. The molecular weight excluding hydrogens is 418 g/mol. The van der Waals surface area contributed by atoms with Crippen molar-refractivity contribution in [3.05, 3.63) is 64.1 Å². The van der Waals surface area contributed by atoms with Gasteiger partial charge in [0, 0.05) is 16.1 Å². The average molecular weight is 446 g/mol. The van der Waals surface area contributed by atoms with Gasteiger partial charge in [-0.25, -0.2) is 4.79 Å². The molecule has 150 valence electrons. The lowest BCUT2D eigenvalue weighted by Gasteiger charge is -2.38. The third-order valence-corrected chi connectivity index (χ3v) is 5.53. The van der Waals surface area contributed by atoms with E-state index in [1.807, 2.05) is 74.2 Å². The third-order valence-electron chi connectivity index (χ3n) is 4.78. The molecule has 2 aromatic rings. The second kappa shape index (κ2) is 8.99. The minimum absolute atomic E-state index is 0.226. The van der Waals surface area contributed by atoms with E-state index in [0.717, 1.165) is 40.6 Å². The minimum atomic E-state index is -0.514. The zero-order chi connectivity index (χ0) is 20.1. The van der Waals surface area contributed by atoms with Crippen LogP contribution >= 0.6 is 15.9 Å². The maximum atomic E-state index is 12.8. The molecule has 28 heavy (non-hydrogen) atoms. The molecule has 1 aliphatic rings. The summed E-state index contributed by atoms with van der Waals surface area (Å²) in [4.78, 5) is 14.7. The summed E-state index contributed by atoms with van der Waals surface area (Å²) in [7, 11) is 0. The first-order valence-electron chi connectivity index (χ1n) is 9.77. The summed E-state index contributed by atoms with van der Waals surface area (Å²) in [5.74, 6) is 0.783. The molecule has 0 unspecified atom stereocenters. The first kappa shape index (κ1) is 20.7. The Balaban J connectivity index is 1.79. The van der Waals surface area contributed by atoms with Gasteiger partial charge in [0.2, 0.25) is 0 Å². The SMILES string of the molecule is CC(C)(C)OC(=O)N(Cc1c(Br)cccc1OCc1ccccc1)C1CCC1. The summed E-state index contributed by atoms with van der Waals surface area (Å²) in [5.41, 5.74) is 1.56. The molecular formula is C23H28BrNO3. The quantitative estimate of drug-likeness (QED) is 0.522. The second-order valence-corrected chi connectivity index (χ2v) is 9.04. The van der Waals surface area contributed by atoms with Crippen LogP contribution in [0, 0.1) is 0 Å². The van der Waals surface area contributed by atoms with Crippen LogP contribution in [0.1, 0.15) is 51.2 Å². The van der Waals surface area contributed by atoms with Crippen molar-refractivity contribution < 1.29 is 14.3 Å². The molecule has 2 aromatic carbocycles. The molecule has 4 nitrogen and oxygen atoms in total. The van der Waals surface area contributed by atoms with Gasteiger partial charge in [-0.2, -0.15) is 0 Å². The monoisotopic (exact) mass is 445 g/mol. The van der Waals surface area contributed by atoms with Crippen LogP contribution in [0.5, 0.6) is 5.75 Å². The minimum Gasteiger partial charge on any atom is -0.489 e. The number of nitrogens with zero attached hydrogens (tertiary/aromatic N) is 1. The lowest BCUT2D eigenvalue weighted by atomic mass is 9.91. The molecule has 1 aliphatic carbocycles. The number of benzene rings is 2. The number of rotatable bonds is 6. The number of hydrogen-bond acceptors (Lipinski definition) is 3. The Bertz CT molecular complexity index is 797. The van der Waals surface area contributed by atoms with Gasteiger partial charge in [0.05, 0.1) is 6.54 Å². The molecule has 0 bridgehead atoms. The van der Waals surface area contributed by atoms with E-state index in [9.17, 15) is 4.79 Å². The first-order chi connectivity index (χ1) is 13.3. The van der Waals surface area contributed by atoms with E-state index in [1.54, 1.807) is 0 Å². The van der Waals surface area contributed by atoms with Crippen molar-refractivity contribution in [3.8, 4) is 5.75 Å². The van der Waals surface area contributed by atoms with Gasteiger partial charge in [-0.15, -0.1) is 0 Å². The van der Waals surface area contributed by atoms with Crippen LogP contribution in [0.3, 0.4) is 0 Å². The number of halogens is 1. The van der Waals surface area contributed by atoms with E-state index in [-0.39, 0.29) is 12.1 Å².